The standard InChI is InChI=1S/C44H44N6O6/c1-3-5-7-9-11-29-53-39-25-21-37(22-26-39)49-47-35-17-13-33(14-18-35)43(51)55-41-31-42(46-32-45-41)56-44(52)34-15-19-36(20-16-34)48-50-38-23-27-40(28-24-38)54-30-12-10-8-6-4-2/h3-4,13-28,31-32H,1-2,5-12,29-30H2. The minimum Gasteiger partial charge on any atom is -0.494 e. The van der Waals surface area contributed by atoms with E-state index >= 15 is 0 Å². The molecule has 0 amide bonds. The van der Waals surface area contributed by atoms with Crippen LogP contribution in [0.25, 0.3) is 0 Å². The number of rotatable bonds is 22. The van der Waals surface area contributed by atoms with Gasteiger partial charge in [0.1, 0.15) is 17.8 Å². The van der Waals surface area contributed by atoms with Crippen LogP contribution >= 0.6 is 0 Å². The molecule has 5 aromatic rings. The lowest BCUT2D eigenvalue weighted by Crippen LogP contribution is -2.11. The summed E-state index contributed by atoms with van der Waals surface area (Å²) in [6.45, 7) is 8.80. The number of hydrogen-bond donors (Lipinski definition) is 0. The van der Waals surface area contributed by atoms with Gasteiger partial charge in [-0.25, -0.2) is 19.6 Å². The second-order valence-electron chi connectivity index (χ2n) is 12.4. The van der Waals surface area contributed by atoms with E-state index < -0.39 is 11.9 Å². The Kier molecular flexibility index (Phi) is 16.2. The zero-order valence-electron chi connectivity index (χ0n) is 31.2. The Balaban J connectivity index is 1.05. The Morgan fingerprint density at radius 3 is 1.21 bits per heavy atom. The van der Waals surface area contributed by atoms with E-state index in [9.17, 15) is 9.59 Å². The third-order valence-corrected chi connectivity index (χ3v) is 8.10. The molecule has 0 fully saturated rings. The predicted molar refractivity (Wildman–Crippen MR) is 214 cm³/mol. The van der Waals surface area contributed by atoms with Crippen molar-refractivity contribution in [2.75, 3.05) is 13.2 Å². The van der Waals surface area contributed by atoms with Crippen LogP contribution in [0.5, 0.6) is 23.3 Å². The average molecular weight is 753 g/mol. The van der Waals surface area contributed by atoms with Gasteiger partial charge in [-0.2, -0.15) is 20.5 Å². The van der Waals surface area contributed by atoms with E-state index in [1.54, 1.807) is 48.5 Å². The van der Waals surface area contributed by atoms with Crippen LogP contribution in [-0.2, 0) is 0 Å². The lowest BCUT2D eigenvalue weighted by Gasteiger charge is -2.06. The number of unbranched alkanes of at least 4 members (excludes halogenated alkanes) is 6. The van der Waals surface area contributed by atoms with Crippen LogP contribution in [0.3, 0.4) is 0 Å². The molecule has 4 aromatic carbocycles. The molecule has 12 nitrogen and oxygen atoms in total. The van der Waals surface area contributed by atoms with Crippen molar-refractivity contribution in [2.24, 2.45) is 20.5 Å². The fourth-order valence-electron chi connectivity index (χ4n) is 5.03. The Morgan fingerprint density at radius 2 is 0.857 bits per heavy atom. The molecule has 0 unspecified atom stereocenters. The van der Waals surface area contributed by atoms with E-state index in [0.29, 0.717) is 36.0 Å². The normalized spacial score (nSPS) is 11.0. The van der Waals surface area contributed by atoms with Crippen LogP contribution < -0.4 is 18.9 Å². The molecule has 0 saturated heterocycles. The topological polar surface area (TPSA) is 146 Å². The highest BCUT2D eigenvalue weighted by Crippen LogP contribution is 2.25. The molecule has 56 heavy (non-hydrogen) atoms. The van der Waals surface area contributed by atoms with Gasteiger partial charge >= 0.3 is 11.9 Å². The van der Waals surface area contributed by atoms with Crippen molar-refractivity contribution in [1.29, 1.82) is 0 Å². The SMILES string of the molecule is C=CCCCCCOc1ccc(N=Nc2ccc(C(=O)Oc3cc(OC(=O)c4ccc(N=Nc5ccc(OCCCCCC=C)cc5)cc4)ncn3)cc2)cc1. The molecule has 0 atom stereocenters. The molecule has 1 aromatic heterocycles. The molecule has 0 aliphatic heterocycles. The maximum Gasteiger partial charge on any atom is 0.344 e. The van der Waals surface area contributed by atoms with Crippen molar-refractivity contribution < 1.29 is 28.5 Å². The van der Waals surface area contributed by atoms with Gasteiger partial charge in [0, 0.05) is 0 Å². The lowest BCUT2D eigenvalue weighted by molar-refractivity contribution is 0.0722. The maximum absolute atomic E-state index is 12.8. The summed E-state index contributed by atoms with van der Waals surface area (Å²) in [6.07, 6.45) is 13.5. The first kappa shape index (κ1) is 40.4. The van der Waals surface area contributed by atoms with Crippen LogP contribution in [0.2, 0.25) is 0 Å². The largest absolute Gasteiger partial charge is 0.494 e. The maximum atomic E-state index is 12.8. The number of azo groups is 2. The first-order chi connectivity index (χ1) is 27.5. The fourth-order valence-corrected chi connectivity index (χ4v) is 5.03. The molecule has 0 radical (unpaired) electrons. The monoisotopic (exact) mass is 752 g/mol. The van der Waals surface area contributed by atoms with Gasteiger partial charge in [0.05, 0.1) is 53.2 Å². The molecule has 0 saturated carbocycles. The van der Waals surface area contributed by atoms with Gasteiger partial charge in [-0.1, -0.05) is 12.2 Å². The minimum absolute atomic E-state index is 0.0914. The number of nitrogens with zero attached hydrogens (tertiary/aromatic N) is 6. The predicted octanol–water partition coefficient (Wildman–Crippen LogP) is 12.0. The summed E-state index contributed by atoms with van der Waals surface area (Å²) < 4.78 is 22.4. The number of carbonyl (C=O) groups excluding carboxylic acids is 2. The van der Waals surface area contributed by atoms with Crippen LogP contribution in [-0.4, -0.2) is 35.1 Å². The fraction of sp³-hybridized carbons (Fsp3) is 0.227. The summed E-state index contributed by atoms with van der Waals surface area (Å²) >= 11 is 0. The summed E-state index contributed by atoms with van der Waals surface area (Å²) in [4.78, 5) is 33.6. The molecule has 0 aliphatic carbocycles. The Hall–Kier alpha value is -6.82. The first-order valence-electron chi connectivity index (χ1n) is 18.5. The third kappa shape index (κ3) is 13.9. The highest BCUT2D eigenvalue weighted by Gasteiger charge is 2.14. The highest BCUT2D eigenvalue weighted by atomic mass is 16.6. The second kappa shape index (κ2) is 22.4. The molecule has 5 rings (SSSR count). The summed E-state index contributed by atoms with van der Waals surface area (Å²) in [5.41, 5.74) is 2.94. The van der Waals surface area contributed by atoms with E-state index in [0.717, 1.165) is 69.2 Å². The molecule has 286 valence electrons. The van der Waals surface area contributed by atoms with Crippen LogP contribution in [0.4, 0.5) is 22.7 Å². The number of allylic oxidation sites excluding steroid dienone is 2. The van der Waals surface area contributed by atoms with Crippen LogP contribution in [0, 0.1) is 0 Å². The number of esters is 2. The third-order valence-electron chi connectivity index (χ3n) is 8.10. The quantitative estimate of drug-likeness (QED) is 0.0294. The zero-order chi connectivity index (χ0) is 39.2. The van der Waals surface area contributed by atoms with Crippen molar-refractivity contribution in [3.05, 3.63) is 146 Å². The smallest absolute Gasteiger partial charge is 0.344 e. The van der Waals surface area contributed by atoms with Gasteiger partial charge < -0.3 is 18.9 Å². The number of hydrogen-bond acceptors (Lipinski definition) is 12. The van der Waals surface area contributed by atoms with Crippen molar-refractivity contribution in [1.82, 2.24) is 9.97 Å². The second-order valence-corrected chi connectivity index (χ2v) is 12.4. The molecule has 0 aliphatic rings. The van der Waals surface area contributed by atoms with Crippen molar-refractivity contribution in [3.63, 3.8) is 0 Å². The summed E-state index contributed by atoms with van der Waals surface area (Å²) in [5.74, 6) is 0.0409. The number of carbonyl (C=O) groups is 2. The Bertz CT molecular complexity index is 1920. The molecule has 1 heterocycles. The van der Waals surface area contributed by atoms with Gasteiger partial charge in [0.25, 0.3) is 0 Å². The van der Waals surface area contributed by atoms with Crippen molar-refractivity contribution >= 4 is 34.7 Å². The summed E-state index contributed by atoms with van der Waals surface area (Å²) in [6, 6.07) is 28.8. The number of aromatic nitrogens is 2. The van der Waals surface area contributed by atoms with E-state index in [1.165, 1.54) is 6.07 Å². The Labute approximate surface area is 326 Å². The molecule has 0 bridgehead atoms. The summed E-state index contributed by atoms with van der Waals surface area (Å²) in [5, 5.41) is 17.0. The molecule has 0 spiro atoms. The van der Waals surface area contributed by atoms with Gasteiger partial charge in [-0.3, -0.25) is 0 Å². The molecule has 0 N–H and O–H groups in total. The average Bonchev–Trinajstić information content (AvgIpc) is 3.23. The van der Waals surface area contributed by atoms with Crippen molar-refractivity contribution in [2.45, 2.75) is 51.4 Å². The van der Waals surface area contributed by atoms with Crippen LogP contribution in [0.15, 0.2) is 155 Å². The summed E-state index contributed by atoms with van der Waals surface area (Å²) in [7, 11) is 0. The number of benzene rings is 4. The van der Waals surface area contributed by atoms with Gasteiger partial charge in [-0.15, -0.1) is 13.2 Å². The van der Waals surface area contributed by atoms with Gasteiger partial charge in [-0.05, 0) is 148 Å². The Morgan fingerprint density at radius 1 is 0.500 bits per heavy atom. The van der Waals surface area contributed by atoms with Gasteiger partial charge in [0.15, 0.2) is 0 Å². The van der Waals surface area contributed by atoms with E-state index in [1.807, 2.05) is 60.7 Å². The highest BCUT2D eigenvalue weighted by molar-refractivity contribution is 5.92. The van der Waals surface area contributed by atoms with E-state index in [2.05, 4.69) is 43.6 Å². The van der Waals surface area contributed by atoms with Crippen LogP contribution in [0.1, 0.15) is 72.1 Å². The van der Waals surface area contributed by atoms with E-state index in [4.69, 9.17) is 18.9 Å². The molecule has 12 heteroatoms. The molecular formula is C44H44N6O6. The first-order valence-corrected chi connectivity index (χ1v) is 18.5. The minimum atomic E-state index is -0.666. The van der Waals surface area contributed by atoms with Crippen molar-refractivity contribution in [3.8, 4) is 23.3 Å². The lowest BCUT2D eigenvalue weighted by atomic mass is 10.2. The van der Waals surface area contributed by atoms with E-state index in [-0.39, 0.29) is 22.9 Å². The zero-order valence-corrected chi connectivity index (χ0v) is 31.2. The molecular weight excluding hydrogens is 709 g/mol. The van der Waals surface area contributed by atoms with Gasteiger partial charge in [0.2, 0.25) is 11.8 Å². The number of ether oxygens (including phenoxy) is 4.